The lowest BCUT2D eigenvalue weighted by atomic mass is 10.1. The Labute approximate surface area is 83.2 Å². The highest BCUT2D eigenvalue weighted by Gasteiger charge is 2.04. The summed E-state index contributed by atoms with van der Waals surface area (Å²) < 4.78 is 1.93. The van der Waals surface area contributed by atoms with E-state index in [-0.39, 0.29) is 0 Å². The Balaban J connectivity index is 2.64. The molecule has 2 N–H and O–H groups in total. The van der Waals surface area contributed by atoms with Crippen molar-refractivity contribution in [1.82, 2.24) is 9.55 Å². The highest BCUT2D eigenvalue weighted by atomic mass is 15.0. The number of nitrogen functional groups attached to an aromatic ring is 1. The first-order valence-electron chi connectivity index (χ1n) is 4.53. The number of nitrogens with zero attached hydrogens (tertiary/aromatic N) is 2. The second-order valence-electron chi connectivity index (χ2n) is 3.48. The molecule has 14 heavy (non-hydrogen) atoms. The minimum atomic E-state index is 0.814. The van der Waals surface area contributed by atoms with Crippen molar-refractivity contribution in [3.8, 4) is 5.69 Å². The molecule has 0 spiro atoms. The maximum Gasteiger partial charge on any atom is 0.0992 e. The van der Waals surface area contributed by atoms with Crippen molar-refractivity contribution in [2.24, 2.45) is 0 Å². The fourth-order valence-electron chi connectivity index (χ4n) is 1.57. The van der Waals surface area contributed by atoms with Gasteiger partial charge in [0.2, 0.25) is 0 Å². The molecule has 0 unspecified atom stereocenters. The molecular weight excluding hydrogens is 174 g/mol. The van der Waals surface area contributed by atoms with Crippen molar-refractivity contribution in [2.75, 3.05) is 5.73 Å². The van der Waals surface area contributed by atoms with E-state index in [0.29, 0.717) is 0 Å². The fourth-order valence-corrected chi connectivity index (χ4v) is 1.57. The van der Waals surface area contributed by atoms with E-state index in [2.05, 4.69) is 24.0 Å². The van der Waals surface area contributed by atoms with Gasteiger partial charge in [-0.05, 0) is 31.0 Å². The van der Waals surface area contributed by atoms with E-state index in [9.17, 15) is 0 Å². The molecule has 2 aromatic rings. The van der Waals surface area contributed by atoms with Gasteiger partial charge in [-0.1, -0.05) is 6.07 Å². The number of benzene rings is 1. The molecular formula is C11H13N3. The van der Waals surface area contributed by atoms with E-state index in [1.54, 1.807) is 12.5 Å². The molecule has 1 heterocycles. The second kappa shape index (κ2) is 3.18. The maximum atomic E-state index is 5.99. The van der Waals surface area contributed by atoms with Crippen LogP contribution in [0, 0.1) is 13.8 Å². The van der Waals surface area contributed by atoms with Gasteiger partial charge in [0.1, 0.15) is 0 Å². The monoisotopic (exact) mass is 187 g/mol. The van der Waals surface area contributed by atoms with Gasteiger partial charge in [0.15, 0.2) is 0 Å². The predicted molar refractivity (Wildman–Crippen MR) is 57.5 cm³/mol. The average Bonchev–Trinajstić information content (AvgIpc) is 2.63. The molecule has 0 amide bonds. The number of aryl methyl sites for hydroxylation is 2. The molecule has 0 aliphatic heterocycles. The van der Waals surface area contributed by atoms with Crippen molar-refractivity contribution in [3.63, 3.8) is 0 Å². The first-order chi connectivity index (χ1) is 6.68. The summed E-state index contributed by atoms with van der Waals surface area (Å²) in [5.41, 5.74) is 10.1. The molecule has 0 saturated carbocycles. The molecule has 0 aliphatic rings. The van der Waals surface area contributed by atoms with Crippen molar-refractivity contribution < 1.29 is 0 Å². The van der Waals surface area contributed by atoms with Crippen LogP contribution in [-0.2, 0) is 0 Å². The second-order valence-corrected chi connectivity index (χ2v) is 3.48. The van der Waals surface area contributed by atoms with Crippen LogP contribution >= 0.6 is 0 Å². The topological polar surface area (TPSA) is 43.8 Å². The number of imidazole rings is 1. The van der Waals surface area contributed by atoms with Gasteiger partial charge in [-0.25, -0.2) is 4.98 Å². The predicted octanol–water partition coefficient (Wildman–Crippen LogP) is 2.07. The Kier molecular flexibility index (Phi) is 2.00. The Bertz CT molecular complexity index is 444. The minimum absolute atomic E-state index is 0.814. The Morgan fingerprint density at radius 2 is 2.07 bits per heavy atom. The number of anilines is 1. The zero-order chi connectivity index (χ0) is 10.1. The third-order valence-corrected chi connectivity index (χ3v) is 2.29. The molecule has 1 aromatic carbocycles. The van der Waals surface area contributed by atoms with Crippen LogP contribution in [0.2, 0.25) is 0 Å². The lowest BCUT2D eigenvalue weighted by molar-refractivity contribution is 1.05. The molecule has 0 aliphatic carbocycles. The third kappa shape index (κ3) is 1.37. The normalized spacial score (nSPS) is 10.4. The third-order valence-electron chi connectivity index (χ3n) is 2.29. The van der Waals surface area contributed by atoms with Crippen LogP contribution in [0.3, 0.4) is 0 Å². The summed E-state index contributed by atoms with van der Waals surface area (Å²) in [5.74, 6) is 0. The summed E-state index contributed by atoms with van der Waals surface area (Å²) in [4.78, 5) is 4.01. The Morgan fingerprint density at radius 1 is 1.29 bits per heavy atom. The van der Waals surface area contributed by atoms with E-state index < -0.39 is 0 Å². The van der Waals surface area contributed by atoms with Crippen LogP contribution in [0.25, 0.3) is 5.69 Å². The van der Waals surface area contributed by atoms with E-state index in [4.69, 9.17) is 5.73 Å². The average molecular weight is 187 g/mol. The minimum Gasteiger partial charge on any atom is -0.397 e. The summed E-state index contributed by atoms with van der Waals surface area (Å²) in [7, 11) is 0. The van der Waals surface area contributed by atoms with E-state index in [1.165, 1.54) is 5.56 Å². The molecule has 0 fully saturated rings. The van der Waals surface area contributed by atoms with Crippen LogP contribution < -0.4 is 5.73 Å². The first-order valence-corrected chi connectivity index (χ1v) is 4.53. The van der Waals surface area contributed by atoms with Gasteiger partial charge in [-0.3, -0.25) is 0 Å². The van der Waals surface area contributed by atoms with Crippen LogP contribution in [0.4, 0.5) is 5.69 Å². The zero-order valence-electron chi connectivity index (χ0n) is 8.36. The zero-order valence-corrected chi connectivity index (χ0v) is 8.36. The Morgan fingerprint density at radius 3 is 2.71 bits per heavy atom. The van der Waals surface area contributed by atoms with Gasteiger partial charge in [0, 0.05) is 12.4 Å². The summed E-state index contributed by atoms with van der Waals surface area (Å²) >= 11 is 0. The number of aromatic nitrogens is 2. The number of rotatable bonds is 1. The molecule has 0 bridgehead atoms. The van der Waals surface area contributed by atoms with Gasteiger partial charge in [0.25, 0.3) is 0 Å². The Hall–Kier alpha value is -1.77. The summed E-state index contributed by atoms with van der Waals surface area (Å²) in [6.07, 6.45) is 5.40. The SMILES string of the molecule is Cc1cc(C)c(N)c(-n2ccnc2)c1. The molecule has 0 atom stereocenters. The number of nitrogens with two attached hydrogens (primary N) is 1. The van der Waals surface area contributed by atoms with Gasteiger partial charge in [0.05, 0.1) is 17.7 Å². The van der Waals surface area contributed by atoms with E-state index in [0.717, 1.165) is 16.9 Å². The van der Waals surface area contributed by atoms with Crippen molar-refractivity contribution in [1.29, 1.82) is 0 Å². The summed E-state index contributed by atoms with van der Waals surface area (Å²) in [5, 5.41) is 0. The van der Waals surface area contributed by atoms with Crippen molar-refractivity contribution >= 4 is 5.69 Å². The van der Waals surface area contributed by atoms with Gasteiger partial charge >= 0.3 is 0 Å². The summed E-state index contributed by atoms with van der Waals surface area (Å²) in [6, 6.07) is 4.14. The molecule has 2 rings (SSSR count). The standard InChI is InChI=1S/C11H13N3/c1-8-5-9(2)11(12)10(6-8)14-4-3-13-7-14/h3-7H,12H2,1-2H3. The van der Waals surface area contributed by atoms with E-state index in [1.807, 2.05) is 17.7 Å². The smallest absolute Gasteiger partial charge is 0.0992 e. The van der Waals surface area contributed by atoms with Gasteiger partial charge in [-0.15, -0.1) is 0 Å². The maximum absolute atomic E-state index is 5.99. The van der Waals surface area contributed by atoms with Crippen molar-refractivity contribution in [2.45, 2.75) is 13.8 Å². The molecule has 3 heteroatoms. The van der Waals surface area contributed by atoms with Crippen LogP contribution in [0.15, 0.2) is 30.9 Å². The van der Waals surface area contributed by atoms with Gasteiger partial charge < -0.3 is 10.3 Å². The van der Waals surface area contributed by atoms with Crippen LogP contribution in [0.1, 0.15) is 11.1 Å². The first kappa shape index (κ1) is 8.81. The summed E-state index contributed by atoms with van der Waals surface area (Å²) in [6.45, 7) is 4.08. The quantitative estimate of drug-likeness (QED) is 0.694. The van der Waals surface area contributed by atoms with Crippen LogP contribution in [-0.4, -0.2) is 9.55 Å². The molecule has 72 valence electrons. The largest absolute Gasteiger partial charge is 0.397 e. The number of hydrogen-bond donors (Lipinski definition) is 1. The molecule has 0 radical (unpaired) electrons. The molecule has 0 saturated heterocycles. The lowest BCUT2D eigenvalue weighted by Crippen LogP contribution is -2.00. The van der Waals surface area contributed by atoms with Gasteiger partial charge in [-0.2, -0.15) is 0 Å². The molecule has 1 aromatic heterocycles. The number of hydrogen-bond acceptors (Lipinski definition) is 2. The van der Waals surface area contributed by atoms with Crippen molar-refractivity contribution in [3.05, 3.63) is 42.0 Å². The highest BCUT2D eigenvalue weighted by Crippen LogP contribution is 2.22. The molecule has 3 nitrogen and oxygen atoms in total. The fraction of sp³-hybridized carbons (Fsp3) is 0.182. The van der Waals surface area contributed by atoms with Crippen LogP contribution in [0.5, 0.6) is 0 Å². The lowest BCUT2D eigenvalue weighted by Gasteiger charge is -2.10. The highest BCUT2D eigenvalue weighted by molar-refractivity contribution is 5.63. The van der Waals surface area contributed by atoms with E-state index >= 15 is 0 Å².